The maximum atomic E-state index is 13.3. The first kappa shape index (κ1) is 21.4. The van der Waals surface area contributed by atoms with Crippen molar-refractivity contribution >= 4 is 23.3 Å². The van der Waals surface area contributed by atoms with Crippen molar-refractivity contribution in [2.75, 3.05) is 4.90 Å². The largest absolute Gasteiger partial charge is 0.476 e. The van der Waals surface area contributed by atoms with Gasteiger partial charge in [-0.05, 0) is 69.9 Å². The number of nitrogens with one attached hydrogen (secondary N) is 1. The molecule has 1 aromatic carbocycles. The molecule has 2 bridgehead atoms. The van der Waals surface area contributed by atoms with Crippen molar-refractivity contribution < 1.29 is 13.9 Å². The van der Waals surface area contributed by atoms with Crippen LogP contribution in [0, 0.1) is 17.1 Å². The van der Waals surface area contributed by atoms with Gasteiger partial charge >= 0.3 is 0 Å². The molecule has 3 heterocycles. The Morgan fingerprint density at radius 3 is 2.58 bits per heavy atom. The summed E-state index contributed by atoms with van der Waals surface area (Å²) in [6.07, 6.45) is 5.32. The van der Waals surface area contributed by atoms with E-state index < -0.39 is 11.4 Å². The number of ether oxygens (including phenoxy) is 1. The lowest BCUT2D eigenvalue weighted by atomic mass is 9.96. The number of pyridine rings is 1. The molecule has 2 atom stereocenters. The smallest absolute Gasteiger partial charge is 0.263 e. The average molecular weight is 443 g/mol. The highest BCUT2D eigenvalue weighted by Gasteiger charge is 2.43. The summed E-state index contributed by atoms with van der Waals surface area (Å²) >= 11 is 6.05. The van der Waals surface area contributed by atoms with Gasteiger partial charge in [0, 0.05) is 24.3 Å². The van der Waals surface area contributed by atoms with Crippen LogP contribution in [0.2, 0.25) is 5.02 Å². The minimum absolute atomic E-state index is 0.0335. The summed E-state index contributed by atoms with van der Waals surface area (Å²) in [7, 11) is 0. The first-order valence-electron chi connectivity index (χ1n) is 10.4. The second-order valence-electron chi connectivity index (χ2n) is 8.64. The fraction of sp³-hybridized carbons (Fsp3) is 0.435. The zero-order valence-electron chi connectivity index (χ0n) is 17.4. The molecule has 8 heteroatoms. The van der Waals surface area contributed by atoms with Gasteiger partial charge in [0.1, 0.15) is 23.5 Å². The van der Waals surface area contributed by atoms with E-state index in [2.05, 4.69) is 21.3 Å². The molecule has 0 saturated carbocycles. The van der Waals surface area contributed by atoms with E-state index in [-0.39, 0.29) is 22.7 Å². The predicted octanol–water partition coefficient (Wildman–Crippen LogP) is 4.22. The summed E-state index contributed by atoms with van der Waals surface area (Å²) < 4.78 is 19.1. The van der Waals surface area contributed by atoms with Crippen LogP contribution >= 0.6 is 11.6 Å². The summed E-state index contributed by atoms with van der Waals surface area (Å²) in [6.45, 7) is 3.35. The molecule has 1 amide bonds. The van der Waals surface area contributed by atoms with Crippen molar-refractivity contribution in [1.29, 1.82) is 5.26 Å². The molecule has 0 radical (unpaired) electrons. The molecule has 1 aromatic heterocycles. The third-order valence-electron chi connectivity index (χ3n) is 6.02. The maximum Gasteiger partial charge on any atom is 0.263 e. The van der Waals surface area contributed by atoms with E-state index in [1.54, 1.807) is 26.1 Å². The second-order valence-corrected chi connectivity index (χ2v) is 9.05. The van der Waals surface area contributed by atoms with E-state index >= 15 is 0 Å². The number of halogens is 2. The van der Waals surface area contributed by atoms with Crippen molar-refractivity contribution in [1.82, 2.24) is 10.3 Å². The summed E-state index contributed by atoms with van der Waals surface area (Å²) in [6, 6.07) is 10.2. The number of hydrogen-bond acceptors (Lipinski definition) is 5. The quantitative estimate of drug-likeness (QED) is 0.750. The number of benzene rings is 1. The van der Waals surface area contributed by atoms with Crippen molar-refractivity contribution in [2.24, 2.45) is 0 Å². The van der Waals surface area contributed by atoms with Gasteiger partial charge in [-0.2, -0.15) is 5.26 Å². The topological polar surface area (TPSA) is 78.2 Å². The Labute approximate surface area is 186 Å². The Balaban J connectivity index is 1.40. The number of carbonyl (C=O) groups excluding carboxylic acids is 1. The average Bonchev–Trinajstić information content (AvgIpc) is 3.00. The van der Waals surface area contributed by atoms with Crippen molar-refractivity contribution in [3.63, 3.8) is 0 Å². The molecule has 2 aliphatic heterocycles. The standard InChI is InChI=1S/C23H24ClFN4O2/c1-23(2,31-20-7-4-15(25)9-19(20)24)22(30)28-16-10-17-5-6-18(11-16)29(17)21-8-3-14(12-26)13-27-21/h3-4,7-9,13,16-18H,5-6,10-11H2,1-2H3,(H,28,30). The van der Waals surface area contributed by atoms with Crippen LogP contribution in [0.1, 0.15) is 45.1 Å². The molecule has 0 aliphatic carbocycles. The molecule has 0 spiro atoms. The molecular weight excluding hydrogens is 419 g/mol. The number of nitrogens with zero attached hydrogens (tertiary/aromatic N) is 3. The third-order valence-corrected chi connectivity index (χ3v) is 6.31. The molecule has 4 rings (SSSR count). The van der Waals surface area contributed by atoms with Gasteiger partial charge in [-0.3, -0.25) is 4.79 Å². The van der Waals surface area contributed by atoms with E-state index in [1.165, 1.54) is 12.1 Å². The fourth-order valence-corrected chi connectivity index (χ4v) is 4.72. The number of hydrogen-bond donors (Lipinski definition) is 1. The molecule has 2 unspecified atom stereocenters. The minimum Gasteiger partial charge on any atom is -0.476 e. The van der Waals surface area contributed by atoms with Crippen molar-refractivity contribution in [3.05, 3.63) is 52.9 Å². The van der Waals surface area contributed by atoms with Crippen molar-refractivity contribution in [3.8, 4) is 11.8 Å². The summed E-state index contributed by atoms with van der Waals surface area (Å²) in [4.78, 5) is 19.7. The van der Waals surface area contributed by atoms with Crippen LogP contribution in [-0.2, 0) is 4.79 Å². The number of fused-ring (bicyclic) bond motifs is 2. The van der Waals surface area contributed by atoms with Crippen LogP contribution in [0.3, 0.4) is 0 Å². The van der Waals surface area contributed by atoms with Gasteiger partial charge in [0.15, 0.2) is 5.60 Å². The van der Waals surface area contributed by atoms with Gasteiger partial charge in [0.25, 0.3) is 5.91 Å². The number of carbonyl (C=O) groups is 1. The van der Waals surface area contributed by atoms with Crippen LogP contribution < -0.4 is 15.0 Å². The normalized spacial score (nSPS) is 22.7. The van der Waals surface area contributed by atoms with Crippen LogP contribution in [0.5, 0.6) is 5.75 Å². The molecule has 2 saturated heterocycles. The number of amides is 1. The number of piperidine rings is 1. The number of anilines is 1. The van der Waals surface area contributed by atoms with Crippen LogP contribution in [-0.4, -0.2) is 34.6 Å². The molecule has 2 fully saturated rings. The summed E-state index contributed by atoms with van der Waals surface area (Å²) in [5.74, 6) is 0.455. The van der Waals surface area contributed by atoms with E-state index in [4.69, 9.17) is 21.6 Å². The molecule has 31 heavy (non-hydrogen) atoms. The monoisotopic (exact) mass is 442 g/mol. The van der Waals surface area contributed by atoms with E-state index in [0.717, 1.165) is 37.6 Å². The molecule has 1 N–H and O–H groups in total. The Morgan fingerprint density at radius 1 is 1.29 bits per heavy atom. The summed E-state index contributed by atoms with van der Waals surface area (Å²) in [5.41, 5.74) is -0.617. The number of nitriles is 1. The molecule has 162 valence electrons. The zero-order chi connectivity index (χ0) is 22.2. The third kappa shape index (κ3) is 4.45. The van der Waals surface area contributed by atoms with Crippen LogP contribution in [0.25, 0.3) is 0 Å². The lowest BCUT2D eigenvalue weighted by Crippen LogP contribution is -2.55. The molecule has 6 nitrogen and oxygen atoms in total. The van der Waals surface area contributed by atoms with Crippen molar-refractivity contribution in [2.45, 2.75) is 63.3 Å². The van der Waals surface area contributed by atoms with Gasteiger partial charge in [0.2, 0.25) is 0 Å². The number of aromatic nitrogens is 1. The second kappa shape index (κ2) is 8.35. The highest BCUT2D eigenvalue weighted by atomic mass is 35.5. The van der Waals surface area contributed by atoms with E-state index in [9.17, 15) is 9.18 Å². The van der Waals surface area contributed by atoms with E-state index in [0.29, 0.717) is 17.6 Å². The Morgan fingerprint density at radius 2 is 2.00 bits per heavy atom. The SMILES string of the molecule is CC(C)(Oc1ccc(F)cc1Cl)C(=O)NC1CC2CCC(C1)N2c1ccc(C#N)cn1. The maximum absolute atomic E-state index is 13.3. The van der Waals surface area contributed by atoms with Gasteiger partial charge in [-0.1, -0.05) is 11.6 Å². The molecular formula is C23H24ClFN4O2. The summed E-state index contributed by atoms with van der Waals surface area (Å²) in [5, 5.41) is 12.2. The van der Waals surface area contributed by atoms with Crippen LogP contribution in [0.15, 0.2) is 36.5 Å². The fourth-order valence-electron chi connectivity index (χ4n) is 4.51. The minimum atomic E-state index is -1.16. The highest BCUT2D eigenvalue weighted by Crippen LogP contribution is 2.39. The Bertz CT molecular complexity index is 1010. The number of rotatable bonds is 5. The van der Waals surface area contributed by atoms with Gasteiger partial charge in [0.05, 0.1) is 10.6 Å². The van der Waals surface area contributed by atoms with Gasteiger partial charge in [-0.15, -0.1) is 0 Å². The first-order chi connectivity index (χ1) is 14.8. The zero-order valence-corrected chi connectivity index (χ0v) is 18.2. The Kier molecular flexibility index (Phi) is 5.76. The highest BCUT2D eigenvalue weighted by molar-refractivity contribution is 6.32. The Hall–Kier alpha value is -2.85. The lowest BCUT2D eigenvalue weighted by Gasteiger charge is -2.40. The van der Waals surface area contributed by atoms with Gasteiger partial charge < -0.3 is 15.0 Å². The lowest BCUT2D eigenvalue weighted by molar-refractivity contribution is -0.135. The van der Waals surface area contributed by atoms with Crippen LogP contribution in [0.4, 0.5) is 10.2 Å². The molecule has 2 aliphatic rings. The molecule has 2 aromatic rings. The van der Waals surface area contributed by atoms with Gasteiger partial charge in [-0.25, -0.2) is 9.37 Å². The first-order valence-corrected chi connectivity index (χ1v) is 10.7. The van der Waals surface area contributed by atoms with E-state index in [1.807, 2.05) is 6.07 Å². The predicted molar refractivity (Wildman–Crippen MR) is 116 cm³/mol.